The Kier molecular flexibility index (Phi) is 4.45. The summed E-state index contributed by atoms with van der Waals surface area (Å²) in [6.45, 7) is 5.66. The summed E-state index contributed by atoms with van der Waals surface area (Å²) in [4.78, 5) is 17.1. The molecule has 5 nitrogen and oxygen atoms in total. The summed E-state index contributed by atoms with van der Waals surface area (Å²) >= 11 is 0. The van der Waals surface area contributed by atoms with Gasteiger partial charge in [-0.2, -0.15) is 0 Å². The van der Waals surface area contributed by atoms with E-state index in [2.05, 4.69) is 4.98 Å². The molecule has 0 radical (unpaired) electrons. The van der Waals surface area contributed by atoms with E-state index in [4.69, 9.17) is 5.73 Å². The van der Waals surface area contributed by atoms with Crippen molar-refractivity contribution in [2.75, 3.05) is 11.4 Å². The van der Waals surface area contributed by atoms with Gasteiger partial charge < -0.3 is 15.7 Å². The second-order valence-corrected chi connectivity index (χ2v) is 4.28. The number of aliphatic hydroxyl groups is 1. The number of nitrogens with two attached hydrogens (primary N) is 1. The van der Waals surface area contributed by atoms with E-state index in [0.29, 0.717) is 11.4 Å². The molecule has 0 spiro atoms. The van der Waals surface area contributed by atoms with Crippen LogP contribution in [0.2, 0.25) is 0 Å². The first kappa shape index (κ1) is 13.4. The van der Waals surface area contributed by atoms with Crippen molar-refractivity contribution in [2.45, 2.75) is 32.9 Å². The largest absolute Gasteiger partial charge is 0.389 e. The lowest BCUT2D eigenvalue weighted by Gasteiger charge is -2.28. The van der Waals surface area contributed by atoms with Gasteiger partial charge in [0.05, 0.1) is 12.6 Å². The molecule has 0 bridgehead atoms. The van der Waals surface area contributed by atoms with Gasteiger partial charge in [-0.25, -0.2) is 4.98 Å². The van der Waals surface area contributed by atoms with E-state index in [1.165, 1.54) is 0 Å². The number of aliphatic hydroxyl groups excluding tert-OH is 1. The topological polar surface area (TPSA) is 79.5 Å². The van der Waals surface area contributed by atoms with Crippen LogP contribution in [0.25, 0.3) is 0 Å². The second kappa shape index (κ2) is 5.63. The lowest BCUT2D eigenvalue weighted by Crippen LogP contribution is -2.39. The molecule has 1 aromatic rings. The summed E-state index contributed by atoms with van der Waals surface area (Å²) in [6, 6.07) is 3.63. The van der Waals surface area contributed by atoms with Gasteiger partial charge in [0.2, 0.25) is 5.91 Å². The summed E-state index contributed by atoms with van der Waals surface area (Å²) < 4.78 is 0. The number of hydrogen-bond acceptors (Lipinski definition) is 4. The first-order valence-electron chi connectivity index (χ1n) is 5.61. The Morgan fingerprint density at radius 3 is 2.65 bits per heavy atom. The maximum absolute atomic E-state index is 11.1. The molecule has 1 atom stereocenters. The van der Waals surface area contributed by atoms with Crippen LogP contribution in [-0.2, 0) is 4.79 Å². The van der Waals surface area contributed by atoms with E-state index < -0.39 is 12.0 Å². The lowest BCUT2D eigenvalue weighted by molar-refractivity contribution is -0.116. The molecule has 1 rings (SSSR count). The van der Waals surface area contributed by atoms with E-state index >= 15 is 0 Å². The van der Waals surface area contributed by atoms with Crippen molar-refractivity contribution < 1.29 is 9.90 Å². The highest BCUT2D eigenvalue weighted by atomic mass is 16.3. The molecule has 0 saturated heterocycles. The van der Waals surface area contributed by atoms with Gasteiger partial charge in [-0.05, 0) is 26.8 Å². The highest BCUT2D eigenvalue weighted by molar-refractivity contribution is 5.79. The lowest BCUT2D eigenvalue weighted by atomic mass is 10.1. The third-order valence-electron chi connectivity index (χ3n) is 2.49. The average molecular weight is 237 g/mol. The van der Waals surface area contributed by atoms with Gasteiger partial charge in [-0.1, -0.05) is 6.07 Å². The van der Waals surface area contributed by atoms with Crippen molar-refractivity contribution in [1.82, 2.24) is 4.98 Å². The molecule has 0 aliphatic carbocycles. The molecule has 1 heterocycles. The van der Waals surface area contributed by atoms with Gasteiger partial charge in [0, 0.05) is 17.8 Å². The van der Waals surface area contributed by atoms with E-state index in [-0.39, 0.29) is 12.6 Å². The molecular formula is C12H19N3O2. The van der Waals surface area contributed by atoms with Gasteiger partial charge in [0.15, 0.2) is 0 Å². The van der Waals surface area contributed by atoms with E-state index in [0.717, 1.165) is 0 Å². The second-order valence-electron chi connectivity index (χ2n) is 4.28. The van der Waals surface area contributed by atoms with Crippen LogP contribution in [0.15, 0.2) is 18.3 Å². The molecule has 3 N–H and O–H groups in total. The Morgan fingerprint density at radius 1 is 1.53 bits per heavy atom. The Balaban J connectivity index is 3.13. The smallest absolute Gasteiger partial charge is 0.237 e. The minimum Gasteiger partial charge on any atom is -0.389 e. The van der Waals surface area contributed by atoms with Crippen molar-refractivity contribution in [3.63, 3.8) is 0 Å². The molecule has 5 heteroatoms. The van der Waals surface area contributed by atoms with Crippen LogP contribution in [-0.4, -0.2) is 28.6 Å². The molecule has 0 aliphatic rings. The quantitative estimate of drug-likeness (QED) is 0.795. The Bertz CT molecular complexity index is 391. The Hall–Kier alpha value is -1.62. The zero-order valence-electron chi connectivity index (χ0n) is 10.4. The minimum absolute atomic E-state index is 0.0786. The number of nitrogens with zero attached hydrogens (tertiary/aromatic N) is 2. The molecule has 0 unspecified atom stereocenters. The van der Waals surface area contributed by atoms with Crippen LogP contribution in [0.5, 0.6) is 0 Å². The number of anilines is 1. The monoisotopic (exact) mass is 237 g/mol. The first-order valence-corrected chi connectivity index (χ1v) is 5.61. The molecule has 0 fully saturated rings. The number of carbonyl (C=O) groups is 1. The Labute approximate surface area is 101 Å². The SMILES string of the molecule is CC(C)N(CC(N)=O)c1ncccc1[C@@H](C)O. The maximum atomic E-state index is 11.1. The fourth-order valence-corrected chi connectivity index (χ4v) is 1.65. The first-order chi connectivity index (χ1) is 7.93. The molecule has 0 aromatic carbocycles. The highest BCUT2D eigenvalue weighted by Crippen LogP contribution is 2.24. The van der Waals surface area contributed by atoms with Crippen LogP contribution in [0.3, 0.4) is 0 Å². The average Bonchev–Trinajstić information content (AvgIpc) is 2.25. The number of rotatable bonds is 5. The maximum Gasteiger partial charge on any atom is 0.237 e. The predicted octanol–water partition coefficient (Wildman–Crippen LogP) is 0.835. The van der Waals surface area contributed by atoms with E-state index in [1.807, 2.05) is 13.8 Å². The number of carbonyl (C=O) groups excluding carboxylic acids is 1. The van der Waals surface area contributed by atoms with Crippen molar-refractivity contribution in [1.29, 1.82) is 0 Å². The van der Waals surface area contributed by atoms with Gasteiger partial charge in [-0.3, -0.25) is 4.79 Å². The molecule has 17 heavy (non-hydrogen) atoms. The third kappa shape index (κ3) is 3.42. The zero-order chi connectivity index (χ0) is 13.0. The van der Waals surface area contributed by atoms with Crippen LogP contribution in [0, 0.1) is 0 Å². The van der Waals surface area contributed by atoms with Crippen LogP contribution in [0.1, 0.15) is 32.4 Å². The molecule has 0 aliphatic heterocycles. The fourth-order valence-electron chi connectivity index (χ4n) is 1.65. The summed E-state index contributed by atoms with van der Waals surface area (Å²) in [7, 11) is 0. The molecule has 1 amide bonds. The summed E-state index contributed by atoms with van der Waals surface area (Å²) in [5.74, 6) is 0.192. The molecule has 1 aromatic heterocycles. The summed E-state index contributed by atoms with van der Waals surface area (Å²) in [6.07, 6.45) is 1.00. The van der Waals surface area contributed by atoms with Crippen LogP contribution >= 0.6 is 0 Å². The van der Waals surface area contributed by atoms with Crippen LogP contribution < -0.4 is 10.6 Å². The number of pyridine rings is 1. The Morgan fingerprint density at radius 2 is 2.18 bits per heavy atom. The van der Waals surface area contributed by atoms with E-state index in [1.54, 1.807) is 30.2 Å². The highest BCUT2D eigenvalue weighted by Gasteiger charge is 2.19. The number of primary amides is 1. The summed E-state index contributed by atoms with van der Waals surface area (Å²) in [5, 5.41) is 9.69. The van der Waals surface area contributed by atoms with Gasteiger partial charge >= 0.3 is 0 Å². The van der Waals surface area contributed by atoms with Crippen molar-refractivity contribution in [2.24, 2.45) is 5.73 Å². The number of hydrogen-bond donors (Lipinski definition) is 2. The van der Waals surface area contributed by atoms with E-state index in [9.17, 15) is 9.90 Å². The van der Waals surface area contributed by atoms with Crippen LogP contribution in [0.4, 0.5) is 5.82 Å². The molecule has 0 saturated carbocycles. The number of aromatic nitrogens is 1. The molecule has 94 valence electrons. The van der Waals surface area contributed by atoms with Gasteiger partial charge in [-0.15, -0.1) is 0 Å². The normalized spacial score (nSPS) is 12.5. The minimum atomic E-state index is -0.632. The molecular weight excluding hydrogens is 218 g/mol. The standard InChI is InChI=1S/C12H19N3O2/c1-8(2)15(7-11(13)17)12-10(9(3)16)5-4-6-14-12/h4-6,8-9,16H,7H2,1-3H3,(H2,13,17)/t9-/m1/s1. The zero-order valence-corrected chi connectivity index (χ0v) is 10.4. The van der Waals surface area contributed by atoms with Crippen molar-refractivity contribution in [3.8, 4) is 0 Å². The third-order valence-corrected chi connectivity index (χ3v) is 2.49. The van der Waals surface area contributed by atoms with Gasteiger partial charge in [0.1, 0.15) is 5.82 Å². The fraction of sp³-hybridized carbons (Fsp3) is 0.500. The predicted molar refractivity (Wildman–Crippen MR) is 66.5 cm³/mol. The van der Waals surface area contributed by atoms with Gasteiger partial charge in [0.25, 0.3) is 0 Å². The van der Waals surface area contributed by atoms with Crippen molar-refractivity contribution >= 4 is 11.7 Å². The van der Waals surface area contributed by atoms with Crippen molar-refractivity contribution in [3.05, 3.63) is 23.9 Å². The summed E-state index contributed by atoms with van der Waals surface area (Å²) in [5.41, 5.74) is 5.92. The number of amides is 1.